The summed E-state index contributed by atoms with van der Waals surface area (Å²) in [4.78, 5) is 64.0. The average Bonchev–Trinajstić information content (AvgIpc) is 3.65. The first-order valence-electron chi connectivity index (χ1n) is 14.7. The maximum Gasteiger partial charge on any atom is 0.312 e. The molecule has 0 aromatic carbocycles. The molecule has 2 saturated heterocycles. The minimum absolute atomic E-state index is 0.0190. The third kappa shape index (κ3) is 5.76. The molecule has 1 unspecified atom stereocenters. The van der Waals surface area contributed by atoms with Gasteiger partial charge in [0.05, 0.1) is 23.3 Å². The van der Waals surface area contributed by atoms with E-state index in [-0.39, 0.29) is 30.9 Å². The van der Waals surface area contributed by atoms with E-state index in [1.165, 1.54) is 32.9 Å². The normalized spacial score (nSPS) is 42.0. The molecule has 4 aliphatic rings. The molecule has 1 spiro atoms. The van der Waals surface area contributed by atoms with E-state index in [0.717, 1.165) is 6.92 Å². The molecule has 12 nitrogen and oxygen atoms in total. The molecular weight excluding hydrogens is 600 g/mol. The first-order valence-corrected chi connectivity index (χ1v) is 15.1. The minimum Gasteiger partial charge on any atom is -0.462 e. The Bertz CT molecular complexity index is 1260. The van der Waals surface area contributed by atoms with Gasteiger partial charge in [0.1, 0.15) is 30.0 Å². The van der Waals surface area contributed by atoms with Gasteiger partial charge in [-0.1, -0.05) is 33.4 Å². The van der Waals surface area contributed by atoms with Crippen molar-refractivity contribution in [3.63, 3.8) is 0 Å². The summed E-state index contributed by atoms with van der Waals surface area (Å²) in [5, 5.41) is 11.5. The monoisotopic (exact) mass is 640 g/mol. The molecule has 4 rings (SSSR count). The lowest BCUT2D eigenvalue weighted by molar-refractivity contribution is -0.254. The lowest BCUT2D eigenvalue weighted by Crippen LogP contribution is -2.72. The molecule has 11 atom stereocenters. The Morgan fingerprint density at radius 2 is 1.66 bits per heavy atom. The van der Waals surface area contributed by atoms with Crippen LogP contribution in [0.4, 0.5) is 0 Å². The van der Waals surface area contributed by atoms with Gasteiger partial charge in [0.15, 0.2) is 11.7 Å². The summed E-state index contributed by atoms with van der Waals surface area (Å²) in [6.07, 6.45) is -3.46. The van der Waals surface area contributed by atoms with Gasteiger partial charge in [0, 0.05) is 39.5 Å². The van der Waals surface area contributed by atoms with Crippen molar-refractivity contribution in [3.8, 4) is 0 Å². The Hall–Kier alpha value is -2.96. The zero-order valence-electron chi connectivity index (χ0n) is 26.0. The Morgan fingerprint density at radius 3 is 2.18 bits per heavy atom. The predicted octanol–water partition coefficient (Wildman–Crippen LogP) is 2.56. The van der Waals surface area contributed by atoms with Crippen molar-refractivity contribution in [2.75, 3.05) is 6.61 Å². The molecular formula is C31H41ClO12. The highest BCUT2D eigenvalue weighted by Gasteiger charge is 2.78. The molecule has 0 aromatic rings. The van der Waals surface area contributed by atoms with E-state index in [1.807, 2.05) is 13.8 Å². The van der Waals surface area contributed by atoms with E-state index in [4.69, 9.17) is 40.0 Å². The highest BCUT2D eigenvalue weighted by Crippen LogP contribution is 2.63. The SMILES string of the molecule is C=C1/C=C/[C@H](OC(C)=O)[C@@]2(C)[C@@H](OC(C)=O)C[C@@H](OC(=O)CC(C)C)[C@]3(CO3)[C@@H]2C(OC(C)=O)[C@]2(O)[C@@H](C)C(=O)O[C@H]2[C@H]1Cl. The molecule has 44 heavy (non-hydrogen) atoms. The summed E-state index contributed by atoms with van der Waals surface area (Å²) in [7, 11) is 0. The molecule has 1 N–H and O–H groups in total. The number of alkyl halides is 1. The number of esters is 5. The molecule has 2 heterocycles. The smallest absolute Gasteiger partial charge is 0.312 e. The van der Waals surface area contributed by atoms with Crippen molar-refractivity contribution in [2.24, 2.45) is 23.2 Å². The Morgan fingerprint density at radius 1 is 1.07 bits per heavy atom. The van der Waals surface area contributed by atoms with Crippen LogP contribution in [0.15, 0.2) is 24.3 Å². The molecule has 244 valence electrons. The summed E-state index contributed by atoms with van der Waals surface area (Å²) in [5.41, 5.74) is -5.03. The van der Waals surface area contributed by atoms with Gasteiger partial charge in [0.2, 0.25) is 0 Å². The highest BCUT2D eigenvalue weighted by molar-refractivity contribution is 6.23. The fourth-order valence-corrected chi connectivity index (χ4v) is 7.47. The Kier molecular flexibility index (Phi) is 9.32. The van der Waals surface area contributed by atoms with Gasteiger partial charge in [-0.05, 0) is 24.5 Å². The van der Waals surface area contributed by atoms with Crippen LogP contribution in [0.5, 0.6) is 0 Å². The number of ether oxygens (including phenoxy) is 6. The molecule has 0 amide bonds. The number of halogens is 1. The second kappa shape index (κ2) is 12.1. The van der Waals surface area contributed by atoms with Gasteiger partial charge in [-0.3, -0.25) is 24.0 Å². The van der Waals surface area contributed by atoms with E-state index in [0.29, 0.717) is 0 Å². The summed E-state index contributed by atoms with van der Waals surface area (Å²) in [6.45, 7) is 14.3. The van der Waals surface area contributed by atoms with E-state index < -0.39 is 94.2 Å². The second-order valence-corrected chi connectivity index (χ2v) is 13.3. The molecule has 1 saturated carbocycles. The maximum atomic E-state index is 13.1. The van der Waals surface area contributed by atoms with Crippen LogP contribution in [-0.2, 0) is 52.4 Å². The van der Waals surface area contributed by atoms with Crippen LogP contribution in [-0.4, -0.2) is 88.7 Å². The largest absolute Gasteiger partial charge is 0.462 e. The number of hydrogen-bond donors (Lipinski definition) is 1. The summed E-state index contributed by atoms with van der Waals surface area (Å²) in [6, 6.07) is 0. The number of aliphatic hydroxyl groups is 1. The Labute approximate surface area is 261 Å². The standard InChI is InChI=1S/C31H41ClO12/c1-14(2)11-23(36)43-22-12-21(41-18(6)34)29(8)20(40-17(5)33)10-9-15(3)24(32)26-31(38,16(4)28(37)44-26)27(42-19(7)35)25(29)30(22)13-39-30/h9-10,14,16,20-22,24-27,38H,3,11-13H2,1-2,4-8H3/b10-9+/t16-,20-,21-,22+,24-,25+,26-,27?,29-,30+,31-/m0/s1. The van der Waals surface area contributed by atoms with Crippen molar-refractivity contribution in [3.05, 3.63) is 24.3 Å². The van der Waals surface area contributed by atoms with Crippen molar-refractivity contribution >= 4 is 41.4 Å². The van der Waals surface area contributed by atoms with Crippen LogP contribution >= 0.6 is 11.6 Å². The van der Waals surface area contributed by atoms with Gasteiger partial charge in [0.25, 0.3) is 0 Å². The van der Waals surface area contributed by atoms with Crippen LogP contribution in [0.1, 0.15) is 61.3 Å². The van der Waals surface area contributed by atoms with Gasteiger partial charge < -0.3 is 33.5 Å². The maximum absolute atomic E-state index is 13.1. The third-order valence-electron chi connectivity index (χ3n) is 9.31. The van der Waals surface area contributed by atoms with Gasteiger partial charge in [-0.2, -0.15) is 0 Å². The number of carbonyl (C=O) groups excluding carboxylic acids is 5. The van der Waals surface area contributed by atoms with E-state index in [9.17, 15) is 29.1 Å². The predicted molar refractivity (Wildman–Crippen MR) is 153 cm³/mol. The number of fused-ring (bicyclic) bond motifs is 3. The Balaban J connectivity index is 2.06. The number of allylic oxidation sites excluding steroid dienone is 1. The van der Waals surface area contributed by atoms with E-state index >= 15 is 0 Å². The molecule has 2 aliphatic heterocycles. The summed E-state index contributed by atoms with van der Waals surface area (Å²) in [5.74, 6) is -6.06. The molecule has 0 bridgehead atoms. The van der Waals surface area contributed by atoms with Crippen LogP contribution < -0.4 is 0 Å². The quantitative estimate of drug-likeness (QED) is 0.196. The first-order chi connectivity index (χ1) is 20.4. The number of rotatable bonds is 6. The van der Waals surface area contributed by atoms with Crippen molar-refractivity contribution in [2.45, 2.75) is 108 Å². The second-order valence-electron chi connectivity index (χ2n) is 12.9. The highest BCUT2D eigenvalue weighted by atomic mass is 35.5. The average molecular weight is 641 g/mol. The van der Waals surface area contributed by atoms with Crippen LogP contribution in [0.2, 0.25) is 0 Å². The van der Waals surface area contributed by atoms with Crippen molar-refractivity contribution in [1.82, 2.24) is 0 Å². The van der Waals surface area contributed by atoms with Crippen molar-refractivity contribution in [1.29, 1.82) is 0 Å². The van der Waals surface area contributed by atoms with Crippen LogP contribution in [0.25, 0.3) is 0 Å². The zero-order chi connectivity index (χ0) is 32.9. The van der Waals surface area contributed by atoms with Gasteiger partial charge >= 0.3 is 29.8 Å². The molecule has 0 radical (unpaired) electrons. The third-order valence-corrected chi connectivity index (χ3v) is 9.82. The number of hydrogen-bond acceptors (Lipinski definition) is 12. The van der Waals surface area contributed by atoms with E-state index in [1.54, 1.807) is 6.92 Å². The summed E-state index contributed by atoms with van der Waals surface area (Å²) < 4.78 is 35.4. The molecule has 0 aromatic heterocycles. The fraction of sp³-hybridized carbons (Fsp3) is 0.710. The minimum atomic E-state index is -2.29. The fourth-order valence-electron chi connectivity index (χ4n) is 7.15. The van der Waals surface area contributed by atoms with Crippen molar-refractivity contribution < 1.29 is 57.5 Å². The zero-order valence-corrected chi connectivity index (χ0v) is 26.8. The lowest BCUT2D eigenvalue weighted by atomic mass is 9.52. The first kappa shape index (κ1) is 33.9. The molecule has 2 aliphatic carbocycles. The van der Waals surface area contributed by atoms with Crippen LogP contribution in [0.3, 0.4) is 0 Å². The number of carbonyl (C=O) groups is 5. The van der Waals surface area contributed by atoms with Gasteiger partial charge in [-0.15, -0.1) is 11.6 Å². The van der Waals surface area contributed by atoms with E-state index in [2.05, 4.69) is 6.58 Å². The molecule has 3 fully saturated rings. The topological polar surface area (TPSA) is 164 Å². The van der Waals surface area contributed by atoms with Gasteiger partial charge in [-0.25, -0.2) is 0 Å². The van der Waals surface area contributed by atoms with Crippen LogP contribution in [0, 0.1) is 23.2 Å². The number of epoxide rings is 1. The molecule has 13 heteroatoms. The lowest BCUT2D eigenvalue weighted by Gasteiger charge is -2.57. The summed E-state index contributed by atoms with van der Waals surface area (Å²) >= 11 is 6.78.